The number of hydrogen-bond acceptors (Lipinski definition) is 4. The van der Waals surface area contributed by atoms with Gasteiger partial charge in [0.15, 0.2) is 0 Å². The molecule has 0 fully saturated rings. The fraction of sp³-hybridized carbons (Fsp3) is 0.250. The van der Waals surface area contributed by atoms with Gasteiger partial charge >= 0.3 is 24.2 Å². The molecule has 0 aromatic heterocycles. The minimum atomic E-state index is -6.18. The maximum Gasteiger partial charge on any atom is 0.458 e. The Morgan fingerprint density at radius 2 is 0.800 bits per heavy atom. The largest absolute Gasteiger partial charge is 0.506 e. The third-order valence-corrected chi connectivity index (χ3v) is 4.04. The van der Waals surface area contributed by atoms with Crippen molar-refractivity contribution in [2.24, 2.45) is 0 Å². The van der Waals surface area contributed by atoms with Crippen LogP contribution in [0.25, 0.3) is 11.1 Å². The molecule has 0 aliphatic carbocycles. The van der Waals surface area contributed by atoms with Crippen LogP contribution in [0.4, 0.5) is 55.3 Å². The third-order valence-electron chi connectivity index (χ3n) is 4.04. The molecule has 0 bridgehead atoms. The molecule has 0 atom stereocenters. The lowest BCUT2D eigenvalue weighted by atomic mass is 9.94. The number of alkyl halides is 10. The van der Waals surface area contributed by atoms with Gasteiger partial charge in [-0.3, -0.25) is 0 Å². The Labute approximate surface area is 160 Å². The molecule has 0 saturated carbocycles. The Morgan fingerprint density at radius 1 is 0.533 bits per heavy atom. The predicted octanol–water partition coefficient (Wildman–Crippen LogP) is 5.24. The summed E-state index contributed by atoms with van der Waals surface area (Å²) in [6.07, 6.45) is -12.4. The highest BCUT2D eigenvalue weighted by Crippen LogP contribution is 2.51. The topological polar surface area (TPSA) is 92.5 Å². The van der Waals surface area contributed by atoms with Gasteiger partial charge in [-0.25, -0.2) is 0 Å². The summed E-state index contributed by atoms with van der Waals surface area (Å²) in [6.45, 7) is 0. The highest BCUT2D eigenvalue weighted by atomic mass is 19.4. The van der Waals surface area contributed by atoms with E-state index in [-0.39, 0.29) is 12.1 Å². The predicted molar refractivity (Wildman–Crippen MR) is 83.9 cm³/mol. The summed E-state index contributed by atoms with van der Waals surface area (Å²) in [5.74, 6) is -13.9. The summed E-state index contributed by atoms with van der Waals surface area (Å²) >= 11 is 0. The van der Waals surface area contributed by atoms with Crippen LogP contribution in [0.2, 0.25) is 0 Å². The summed E-state index contributed by atoms with van der Waals surface area (Å²) in [5.41, 5.74) is 1.59. The van der Waals surface area contributed by atoms with Crippen molar-refractivity contribution in [1.29, 1.82) is 0 Å². The Morgan fingerprint density at radius 3 is 1.03 bits per heavy atom. The van der Waals surface area contributed by atoms with E-state index in [1.165, 1.54) is 0 Å². The second-order valence-electron chi connectivity index (χ2n) is 6.06. The molecule has 0 aliphatic rings. The molecule has 2 aromatic carbocycles. The fourth-order valence-electron chi connectivity index (χ4n) is 2.43. The van der Waals surface area contributed by atoms with E-state index in [0.29, 0.717) is 12.1 Å². The van der Waals surface area contributed by atoms with E-state index < -0.39 is 69.3 Å². The first-order valence-electron chi connectivity index (χ1n) is 7.47. The first-order chi connectivity index (χ1) is 13.3. The SMILES string of the molecule is Nc1c(O)cc(-c2cc(O)c(N)c(C(F)(F)C(F)(F)F)c2)cc1C(F)(F)C(F)(F)F. The van der Waals surface area contributed by atoms with Crippen LogP contribution in [0.15, 0.2) is 24.3 Å². The van der Waals surface area contributed by atoms with Crippen molar-refractivity contribution in [3.8, 4) is 22.6 Å². The zero-order valence-electron chi connectivity index (χ0n) is 14.1. The zero-order valence-corrected chi connectivity index (χ0v) is 14.1. The van der Waals surface area contributed by atoms with Gasteiger partial charge < -0.3 is 21.7 Å². The molecule has 2 aromatic rings. The summed E-state index contributed by atoms with van der Waals surface area (Å²) in [5, 5.41) is 19.2. The van der Waals surface area contributed by atoms with E-state index in [1.807, 2.05) is 0 Å². The molecule has 30 heavy (non-hydrogen) atoms. The molecule has 0 unspecified atom stereocenters. The van der Waals surface area contributed by atoms with Crippen molar-refractivity contribution < 1.29 is 54.1 Å². The first kappa shape index (κ1) is 23.2. The average molecular weight is 452 g/mol. The van der Waals surface area contributed by atoms with Gasteiger partial charge in [0.05, 0.1) is 22.5 Å². The molecule has 0 spiro atoms. The minimum absolute atomic E-state index is 0.0308. The average Bonchev–Trinajstić information content (AvgIpc) is 2.57. The van der Waals surface area contributed by atoms with Crippen molar-refractivity contribution >= 4 is 11.4 Å². The summed E-state index contributed by atoms with van der Waals surface area (Å²) in [7, 11) is 0. The summed E-state index contributed by atoms with van der Waals surface area (Å²) < 4.78 is 131. The van der Waals surface area contributed by atoms with Gasteiger partial charge in [0.2, 0.25) is 0 Å². The van der Waals surface area contributed by atoms with Gasteiger partial charge in [-0.1, -0.05) is 0 Å². The smallest absolute Gasteiger partial charge is 0.458 e. The monoisotopic (exact) mass is 452 g/mol. The zero-order chi connectivity index (χ0) is 23.4. The van der Waals surface area contributed by atoms with Gasteiger partial charge in [-0.05, 0) is 35.4 Å². The molecule has 0 aliphatic heterocycles. The Balaban J connectivity index is 2.81. The Kier molecular flexibility index (Phi) is 5.21. The van der Waals surface area contributed by atoms with E-state index in [2.05, 4.69) is 0 Å². The number of hydrogen-bond donors (Lipinski definition) is 4. The third kappa shape index (κ3) is 3.61. The van der Waals surface area contributed by atoms with Crippen LogP contribution in [-0.2, 0) is 11.8 Å². The maximum atomic E-state index is 13.7. The molecule has 4 nitrogen and oxygen atoms in total. The van der Waals surface area contributed by atoms with Gasteiger partial charge in [0.1, 0.15) is 11.5 Å². The normalized spacial score (nSPS) is 13.5. The van der Waals surface area contributed by atoms with E-state index in [0.717, 1.165) is 0 Å². The van der Waals surface area contributed by atoms with E-state index in [9.17, 15) is 54.1 Å². The van der Waals surface area contributed by atoms with Crippen molar-refractivity contribution in [2.75, 3.05) is 11.5 Å². The second-order valence-corrected chi connectivity index (χ2v) is 6.06. The van der Waals surface area contributed by atoms with Gasteiger partial charge in [0, 0.05) is 0 Å². The lowest BCUT2D eigenvalue weighted by Gasteiger charge is -2.24. The van der Waals surface area contributed by atoms with Crippen LogP contribution < -0.4 is 11.5 Å². The molecule has 166 valence electrons. The van der Waals surface area contributed by atoms with E-state index >= 15 is 0 Å². The summed E-state index contributed by atoms with van der Waals surface area (Å²) in [6, 6.07) is 0.934. The van der Waals surface area contributed by atoms with Crippen LogP contribution >= 0.6 is 0 Å². The molecule has 0 saturated heterocycles. The van der Waals surface area contributed by atoms with Crippen LogP contribution in [0.1, 0.15) is 11.1 Å². The molecule has 0 radical (unpaired) electrons. The quantitative estimate of drug-likeness (QED) is 0.291. The van der Waals surface area contributed by atoms with Crippen LogP contribution in [0, 0.1) is 0 Å². The number of aromatic hydroxyl groups is 2. The lowest BCUT2D eigenvalue weighted by molar-refractivity contribution is -0.289. The molecule has 2 rings (SSSR count). The van der Waals surface area contributed by atoms with Gasteiger partial charge in [-0.2, -0.15) is 43.9 Å². The minimum Gasteiger partial charge on any atom is -0.506 e. The molecule has 0 heterocycles. The van der Waals surface area contributed by atoms with Crippen molar-refractivity contribution in [2.45, 2.75) is 24.2 Å². The van der Waals surface area contributed by atoms with Crippen molar-refractivity contribution in [3.63, 3.8) is 0 Å². The van der Waals surface area contributed by atoms with Gasteiger partial charge in [-0.15, -0.1) is 0 Å². The Bertz CT molecular complexity index is 904. The van der Waals surface area contributed by atoms with E-state index in [4.69, 9.17) is 11.5 Å². The number of phenols is 2. The second kappa shape index (κ2) is 6.74. The van der Waals surface area contributed by atoms with Crippen molar-refractivity contribution in [1.82, 2.24) is 0 Å². The van der Waals surface area contributed by atoms with Crippen LogP contribution in [-0.4, -0.2) is 22.6 Å². The molecular formula is C16H10F10N2O2. The molecule has 0 amide bonds. The number of phenolic OH excluding ortho intramolecular Hbond substituents is 2. The number of rotatable bonds is 3. The molecular weight excluding hydrogens is 442 g/mol. The highest BCUT2D eigenvalue weighted by molar-refractivity contribution is 5.77. The number of benzene rings is 2. The number of nitrogen functional groups attached to an aromatic ring is 2. The molecule has 14 heteroatoms. The molecule has 6 N–H and O–H groups in total. The van der Waals surface area contributed by atoms with E-state index in [1.54, 1.807) is 0 Å². The maximum absolute atomic E-state index is 13.7. The van der Waals surface area contributed by atoms with Crippen LogP contribution in [0.3, 0.4) is 0 Å². The summed E-state index contributed by atoms with van der Waals surface area (Å²) in [4.78, 5) is 0. The van der Waals surface area contributed by atoms with Crippen LogP contribution in [0.5, 0.6) is 11.5 Å². The lowest BCUT2D eigenvalue weighted by Crippen LogP contribution is -2.34. The van der Waals surface area contributed by atoms with Gasteiger partial charge in [0.25, 0.3) is 0 Å². The fourth-order valence-corrected chi connectivity index (χ4v) is 2.43. The number of halogens is 10. The number of anilines is 2. The Hall–Kier alpha value is -3.06. The van der Waals surface area contributed by atoms with Crippen molar-refractivity contribution in [3.05, 3.63) is 35.4 Å². The first-order valence-corrected chi connectivity index (χ1v) is 7.47. The standard InChI is InChI=1S/C16H10F10N2O2/c17-13(18,15(21,22)23)7-1-5(3-9(29)11(7)27)6-2-8(12(28)10(30)4-6)14(19,20)16(24,25)26/h1-4,29-30H,27-28H2. The highest BCUT2D eigenvalue weighted by Gasteiger charge is 2.61. The number of nitrogens with two attached hydrogens (primary N) is 2.